The second kappa shape index (κ2) is 8.53. The molecule has 0 fully saturated rings. The van der Waals surface area contributed by atoms with Crippen molar-refractivity contribution in [1.29, 1.82) is 0 Å². The van der Waals surface area contributed by atoms with Gasteiger partial charge in [0.1, 0.15) is 0 Å². The summed E-state index contributed by atoms with van der Waals surface area (Å²) in [5, 5.41) is 3.31. The number of carbonyl (C=O) groups is 1. The molecular formula is C22H21Cl2N5O2. The molecule has 0 atom stereocenters. The monoisotopic (exact) mass is 457 g/mol. The first-order valence-electron chi connectivity index (χ1n) is 9.61. The summed E-state index contributed by atoms with van der Waals surface area (Å²) < 4.78 is 0.999. The fourth-order valence-electron chi connectivity index (χ4n) is 3.38. The first-order valence-corrected chi connectivity index (χ1v) is 10.4. The average molecular weight is 458 g/mol. The number of hydrogen-bond acceptors (Lipinski definition) is 4. The number of halogens is 2. The fraction of sp³-hybridized carbons (Fsp3) is 0.182. The molecule has 9 heteroatoms. The van der Waals surface area contributed by atoms with Gasteiger partial charge in [0.15, 0.2) is 0 Å². The van der Waals surface area contributed by atoms with E-state index in [4.69, 9.17) is 23.2 Å². The third-order valence-electron chi connectivity index (χ3n) is 5.03. The Morgan fingerprint density at radius 3 is 2.52 bits per heavy atom. The maximum Gasteiger partial charge on any atom is 0.334 e. The average Bonchev–Trinajstić information content (AvgIpc) is 3.05. The van der Waals surface area contributed by atoms with E-state index < -0.39 is 11.7 Å². The van der Waals surface area contributed by atoms with Crippen molar-refractivity contribution in [3.05, 3.63) is 86.5 Å². The summed E-state index contributed by atoms with van der Waals surface area (Å²) in [5.74, 6) is 0. The molecule has 0 saturated heterocycles. The number of amides is 1. The minimum absolute atomic E-state index is 0.262. The van der Waals surface area contributed by atoms with Crippen LogP contribution in [-0.4, -0.2) is 46.0 Å². The van der Waals surface area contributed by atoms with Gasteiger partial charge >= 0.3 is 11.7 Å². The van der Waals surface area contributed by atoms with Crippen LogP contribution < -0.4 is 11.0 Å². The van der Waals surface area contributed by atoms with Crippen molar-refractivity contribution in [3.63, 3.8) is 0 Å². The number of likely N-dealkylation sites (N-methyl/N-ethyl adjacent to an activating group) is 1. The van der Waals surface area contributed by atoms with E-state index in [2.05, 4.69) is 38.5 Å². The summed E-state index contributed by atoms with van der Waals surface area (Å²) >= 11 is 12.0. The SMILES string of the molecule is CN(C)C1=CCN(Cc2ccc(NC(=O)n3c(=O)[nH]c4cc(Cl)c(Cl)cc43)cc2)C=C1. The minimum atomic E-state index is -0.581. The van der Waals surface area contributed by atoms with Crippen molar-refractivity contribution in [2.75, 3.05) is 26.0 Å². The van der Waals surface area contributed by atoms with E-state index in [0.717, 1.165) is 23.2 Å². The lowest BCUT2D eigenvalue weighted by atomic mass is 10.2. The Balaban J connectivity index is 1.45. The molecule has 2 heterocycles. The Hall–Kier alpha value is -3.16. The van der Waals surface area contributed by atoms with Gasteiger partial charge < -0.3 is 20.1 Å². The van der Waals surface area contributed by atoms with Crippen LogP contribution in [-0.2, 0) is 6.54 Å². The van der Waals surface area contributed by atoms with Gasteiger partial charge in [-0.1, -0.05) is 35.3 Å². The van der Waals surface area contributed by atoms with Crippen molar-refractivity contribution in [2.45, 2.75) is 6.54 Å². The van der Waals surface area contributed by atoms with Crippen LogP contribution in [0.3, 0.4) is 0 Å². The largest absolute Gasteiger partial charge is 0.378 e. The number of nitrogens with one attached hydrogen (secondary N) is 2. The number of aromatic nitrogens is 2. The van der Waals surface area contributed by atoms with Crippen LogP contribution in [0.1, 0.15) is 5.56 Å². The van der Waals surface area contributed by atoms with E-state index in [1.807, 2.05) is 38.4 Å². The number of carbonyl (C=O) groups excluding carboxylic acids is 1. The highest BCUT2D eigenvalue weighted by Crippen LogP contribution is 2.26. The zero-order valence-corrected chi connectivity index (χ0v) is 18.5. The molecule has 4 rings (SSSR count). The number of hydrogen-bond donors (Lipinski definition) is 2. The zero-order chi connectivity index (χ0) is 22.1. The number of allylic oxidation sites excluding steroid dienone is 1. The van der Waals surface area contributed by atoms with Crippen LogP contribution in [0, 0.1) is 0 Å². The Kier molecular flexibility index (Phi) is 5.80. The molecule has 0 bridgehead atoms. The summed E-state index contributed by atoms with van der Waals surface area (Å²) in [4.78, 5) is 31.9. The van der Waals surface area contributed by atoms with Gasteiger partial charge in [0, 0.05) is 44.8 Å². The van der Waals surface area contributed by atoms with Crippen LogP contribution in [0.4, 0.5) is 10.5 Å². The molecule has 1 aliphatic rings. The summed E-state index contributed by atoms with van der Waals surface area (Å²) in [6, 6.07) is 9.94. The lowest BCUT2D eigenvalue weighted by Gasteiger charge is -2.25. The molecule has 160 valence electrons. The van der Waals surface area contributed by atoms with Crippen molar-refractivity contribution >= 4 is 46.0 Å². The number of aromatic amines is 1. The Morgan fingerprint density at radius 2 is 1.87 bits per heavy atom. The van der Waals surface area contributed by atoms with Gasteiger partial charge in [0.25, 0.3) is 0 Å². The number of anilines is 1. The van der Waals surface area contributed by atoms with E-state index in [1.165, 1.54) is 17.8 Å². The standard InChI is InChI=1S/C22H21Cl2N5O2/c1-27(2)16-7-9-28(10-8-16)13-14-3-5-15(6-4-14)25-21(30)29-20-12-18(24)17(23)11-19(20)26-22(29)31/h3-9,11-12H,10,13H2,1-2H3,(H,25,30)(H,26,31). The smallest absolute Gasteiger partial charge is 0.334 e. The minimum Gasteiger partial charge on any atom is -0.378 e. The topological polar surface area (TPSA) is 73.4 Å². The normalized spacial score (nSPS) is 13.4. The van der Waals surface area contributed by atoms with E-state index in [9.17, 15) is 9.59 Å². The van der Waals surface area contributed by atoms with Crippen molar-refractivity contribution in [2.24, 2.45) is 0 Å². The van der Waals surface area contributed by atoms with Gasteiger partial charge in [-0.2, -0.15) is 0 Å². The molecule has 1 aliphatic heterocycles. The predicted molar refractivity (Wildman–Crippen MR) is 125 cm³/mol. The molecule has 0 aliphatic carbocycles. The number of fused-ring (bicyclic) bond motifs is 1. The highest BCUT2D eigenvalue weighted by molar-refractivity contribution is 6.42. The maximum absolute atomic E-state index is 12.7. The predicted octanol–water partition coefficient (Wildman–Crippen LogP) is 4.49. The Labute approximate surface area is 189 Å². The van der Waals surface area contributed by atoms with Crippen molar-refractivity contribution in [1.82, 2.24) is 19.4 Å². The highest BCUT2D eigenvalue weighted by atomic mass is 35.5. The molecular weight excluding hydrogens is 437 g/mol. The first kappa shape index (κ1) is 21.1. The fourth-order valence-corrected chi connectivity index (χ4v) is 3.70. The van der Waals surface area contributed by atoms with Crippen LogP contribution >= 0.6 is 23.2 Å². The van der Waals surface area contributed by atoms with E-state index >= 15 is 0 Å². The van der Waals surface area contributed by atoms with Crippen LogP contribution in [0.2, 0.25) is 10.0 Å². The van der Waals surface area contributed by atoms with Crippen LogP contribution in [0.25, 0.3) is 11.0 Å². The lowest BCUT2D eigenvalue weighted by Crippen LogP contribution is -2.29. The molecule has 31 heavy (non-hydrogen) atoms. The van der Waals surface area contributed by atoms with Crippen LogP contribution in [0.5, 0.6) is 0 Å². The number of rotatable bonds is 4. The van der Waals surface area contributed by atoms with Gasteiger partial charge in [-0.05, 0) is 42.0 Å². The van der Waals surface area contributed by atoms with Crippen LogP contribution in [0.15, 0.2) is 65.2 Å². The molecule has 2 N–H and O–H groups in total. The maximum atomic E-state index is 12.7. The molecule has 0 radical (unpaired) electrons. The first-order chi connectivity index (χ1) is 14.8. The summed E-state index contributed by atoms with van der Waals surface area (Å²) in [7, 11) is 4.04. The quantitative estimate of drug-likeness (QED) is 0.604. The van der Waals surface area contributed by atoms with E-state index in [1.54, 1.807) is 0 Å². The van der Waals surface area contributed by atoms with Gasteiger partial charge in [-0.25, -0.2) is 14.2 Å². The molecule has 0 saturated carbocycles. The summed E-state index contributed by atoms with van der Waals surface area (Å²) in [6.45, 7) is 1.58. The number of benzene rings is 2. The second-order valence-corrected chi connectivity index (χ2v) is 8.26. The third kappa shape index (κ3) is 4.47. The Bertz CT molecular complexity index is 1260. The van der Waals surface area contributed by atoms with Crippen molar-refractivity contribution in [3.8, 4) is 0 Å². The molecule has 1 aromatic heterocycles. The molecule has 1 amide bonds. The van der Waals surface area contributed by atoms with E-state index in [0.29, 0.717) is 21.7 Å². The summed E-state index contributed by atoms with van der Waals surface area (Å²) in [6.07, 6.45) is 6.33. The van der Waals surface area contributed by atoms with Gasteiger partial charge in [0.2, 0.25) is 0 Å². The molecule has 0 spiro atoms. The van der Waals surface area contributed by atoms with Gasteiger partial charge in [-0.3, -0.25) is 0 Å². The second-order valence-electron chi connectivity index (χ2n) is 7.44. The molecule has 7 nitrogen and oxygen atoms in total. The highest BCUT2D eigenvalue weighted by Gasteiger charge is 2.16. The zero-order valence-electron chi connectivity index (χ0n) is 17.0. The van der Waals surface area contributed by atoms with Crippen molar-refractivity contribution < 1.29 is 4.79 Å². The number of nitrogens with zero attached hydrogens (tertiary/aromatic N) is 3. The summed E-state index contributed by atoms with van der Waals surface area (Å²) in [5.41, 5.74) is 3.10. The lowest BCUT2D eigenvalue weighted by molar-refractivity contribution is 0.253. The molecule has 3 aromatic rings. The van der Waals surface area contributed by atoms with Gasteiger partial charge in [0.05, 0.1) is 21.1 Å². The number of imidazole rings is 1. The number of H-pyrrole nitrogens is 1. The van der Waals surface area contributed by atoms with E-state index in [-0.39, 0.29) is 5.02 Å². The Morgan fingerprint density at radius 1 is 1.16 bits per heavy atom. The molecule has 2 aromatic carbocycles. The molecule has 0 unspecified atom stereocenters. The van der Waals surface area contributed by atoms with Gasteiger partial charge in [-0.15, -0.1) is 0 Å². The third-order valence-corrected chi connectivity index (χ3v) is 5.75.